The molecule has 0 amide bonds. The topological polar surface area (TPSA) is 75.2 Å². The summed E-state index contributed by atoms with van der Waals surface area (Å²) in [6.07, 6.45) is 0.944. The van der Waals surface area contributed by atoms with Gasteiger partial charge < -0.3 is 15.3 Å². The molecule has 2 aromatic rings. The summed E-state index contributed by atoms with van der Waals surface area (Å²) in [6.45, 7) is 7.58. The first-order valence-electron chi connectivity index (χ1n) is 7.96. The van der Waals surface area contributed by atoms with Crippen LogP contribution < -0.4 is 10.6 Å². The number of hydrogen-bond acceptors (Lipinski definition) is 6. The van der Waals surface area contributed by atoms with Crippen molar-refractivity contribution in [2.24, 2.45) is 0 Å². The fourth-order valence-electron chi connectivity index (χ4n) is 2.07. The SMILES string of the molecule is COCCCSc1nnc(COc2ccc(C(C)(C)C)cc2)n1N. The van der Waals surface area contributed by atoms with Crippen molar-refractivity contribution in [2.45, 2.75) is 44.4 Å². The van der Waals surface area contributed by atoms with Gasteiger partial charge in [-0.3, -0.25) is 0 Å². The lowest BCUT2D eigenvalue weighted by Gasteiger charge is -2.19. The van der Waals surface area contributed by atoms with Crippen LogP contribution >= 0.6 is 11.8 Å². The van der Waals surface area contributed by atoms with Gasteiger partial charge in [0.15, 0.2) is 5.82 Å². The Kier molecular flexibility index (Phi) is 6.51. The average molecular weight is 350 g/mol. The van der Waals surface area contributed by atoms with Crippen LogP contribution in [-0.2, 0) is 16.8 Å². The Morgan fingerprint density at radius 1 is 1.17 bits per heavy atom. The zero-order valence-corrected chi connectivity index (χ0v) is 15.6. The van der Waals surface area contributed by atoms with Crippen molar-refractivity contribution in [1.82, 2.24) is 14.9 Å². The van der Waals surface area contributed by atoms with E-state index in [0.29, 0.717) is 11.0 Å². The molecule has 0 atom stereocenters. The number of thioether (sulfide) groups is 1. The lowest BCUT2D eigenvalue weighted by atomic mass is 9.87. The molecule has 1 aromatic heterocycles. The van der Waals surface area contributed by atoms with E-state index in [2.05, 4.69) is 43.1 Å². The van der Waals surface area contributed by atoms with Crippen LogP contribution in [0.25, 0.3) is 0 Å². The molecular formula is C17H26N4O2S. The maximum Gasteiger partial charge on any atom is 0.209 e. The standard InChI is InChI=1S/C17H26N4O2S/c1-17(2,3)13-6-8-14(9-7-13)23-12-15-19-20-16(21(15)18)24-11-5-10-22-4/h6-9H,5,10-12,18H2,1-4H3. The molecule has 0 fully saturated rings. The molecule has 2 N–H and O–H groups in total. The van der Waals surface area contributed by atoms with Gasteiger partial charge in [0.25, 0.3) is 0 Å². The number of methoxy groups -OCH3 is 1. The monoisotopic (exact) mass is 350 g/mol. The summed E-state index contributed by atoms with van der Waals surface area (Å²) in [7, 11) is 1.69. The molecule has 0 aliphatic carbocycles. The summed E-state index contributed by atoms with van der Waals surface area (Å²) in [4.78, 5) is 0. The molecule has 7 heteroatoms. The van der Waals surface area contributed by atoms with E-state index >= 15 is 0 Å². The van der Waals surface area contributed by atoms with Crippen molar-refractivity contribution in [1.29, 1.82) is 0 Å². The smallest absolute Gasteiger partial charge is 0.209 e. The molecule has 0 saturated carbocycles. The molecular weight excluding hydrogens is 324 g/mol. The van der Waals surface area contributed by atoms with Crippen LogP contribution in [0.3, 0.4) is 0 Å². The minimum Gasteiger partial charge on any atom is -0.486 e. The van der Waals surface area contributed by atoms with Crippen LogP contribution in [-0.4, -0.2) is 34.3 Å². The molecule has 1 heterocycles. The molecule has 0 saturated heterocycles. The van der Waals surface area contributed by atoms with Crippen molar-refractivity contribution in [3.8, 4) is 5.75 Å². The summed E-state index contributed by atoms with van der Waals surface area (Å²) in [5, 5.41) is 8.89. The van der Waals surface area contributed by atoms with Gasteiger partial charge in [0.2, 0.25) is 5.16 Å². The van der Waals surface area contributed by atoms with Gasteiger partial charge in [-0.1, -0.05) is 44.7 Å². The Balaban J connectivity index is 1.89. The maximum absolute atomic E-state index is 6.02. The number of nitrogens with zero attached hydrogens (tertiary/aromatic N) is 3. The number of hydrogen-bond donors (Lipinski definition) is 1. The van der Waals surface area contributed by atoms with E-state index in [4.69, 9.17) is 15.3 Å². The zero-order chi connectivity index (χ0) is 17.6. The maximum atomic E-state index is 6.02. The number of nitrogen functional groups attached to an aromatic ring is 1. The molecule has 6 nitrogen and oxygen atoms in total. The Morgan fingerprint density at radius 2 is 1.88 bits per heavy atom. The third-order valence-electron chi connectivity index (χ3n) is 3.55. The third-order valence-corrected chi connectivity index (χ3v) is 4.58. The number of rotatable bonds is 8. The zero-order valence-electron chi connectivity index (χ0n) is 14.8. The number of benzene rings is 1. The third kappa shape index (κ3) is 5.14. The van der Waals surface area contributed by atoms with Crippen LogP contribution in [0.1, 0.15) is 38.6 Å². The van der Waals surface area contributed by atoms with E-state index in [1.165, 1.54) is 10.2 Å². The van der Waals surface area contributed by atoms with E-state index in [1.807, 2.05) is 12.1 Å². The summed E-state index contributed by atoms with van der Waals surface area (Å²) in [5.74, 6) is 8.30. The second-order valence-electron chi connectivity index (χ2n) is 6.53. The predicted octanol–water partition coefficient (Wildman–Crippen LogP) is 3.00. The number of ether oxygens (including phenoxy) is 2. The van der Waals surface area contributed by atoms with Gasteiger partial charge in [0.05, 0.1) is 0 Å². The molecule has 2 rings (SSSR count). The van der Waals surface area contributed by atoms with E-state index in [-0.39, 0.29) is 12.0 Å². The van der Waals surface area contributed by atoms with Gasteiger partial charge in [0.1, 0.15) is 12.4 Å². The molecule has 0 aliphatic heterocycles. The average Bonchev–Trinajstić information content (AvgIpc) is 2.89. The van der Waals surface area contributed by atoms with Crippen LogP contribution in [0.4, 0.5) is 0 Å². The van der Waals surface area contributed by atoms with Gasteiger partial charge in [-0.15, -0.1) is 10.2 Å². The fourth-order valence-corrected chi connectivity index (χ4v) is 2.86. The Morgan fingerprint density at radius 3 is 2.50 bits per heavy atom. The Hall–Kier alpha value is -1.73. The van der Waals surface area contributed by atoms with Gasteiger partial charge >= 0.3 is 0 Å². The highest BCUT2D eigenvalue weighted by Gasteiger charge is 2.14. The van der Waals surface area contributed by atoms with Crippen LogP contribution in [0.2, 0.25) is 0 Å². The van der Waals surface area contributed by atoms with Crippen LogP contribution in [0, 0.1) is 0 Å². The summed E-state index contributed by atoms with van der Waals surface area (Å²) < 4.78 is 12.3. The second-order valence-corrected chi connectivity index (χ2v) is 7.59. The van der Waals surface area contributed by atoms with Crippen LogP contribution in [0.5, 0.6) is 5.75 Å². The molecule has 1 aromatic carbocycles. The first-order chi connectivity index (χ1) is 11.4. The van der Waals surface area contributed by atoms with Gasteiger partial charge in [-0.25, -0.2) is 4.68 Å². The normalized spacial score (nSPS) is 11.7. The quantitative estimate of drug-likeness (QED) is 0.448. The highest BCUT2D eigenvalue weighted by atomic mass is 32.2. The highest BCUT2D eigenvalue weighted by molar-refractivity contribution is 7.99. The molecule has 0 spiro atoms. The second kappa shape index (κ2) is 8.39. The highest BCUT2D eigenvalue weighted by Crippen LogP contribution is 2.24. The molecule has 24 heavy (non-hydrogen) atoms. The minimum absolute atomic E-state index is 0.130. The first-order valence-corrected chi connectivity index (χ1v) is 8.95. The number of aromatic nitrogens is 3. The lowest BCUT2D eigenvalue weighted by molar-refractivity contribution is 0.200. The molecule has 0 aliphatic rings. The summed E-state index contributed by atoms with van der Waals surface area (Å²) in [6, 6.07) is 8.11. The van der Waals surface area contributed by atoms with E-state index in [1.54, 1.807) is 18.9 Å². The molecule has 0 unspecified atom stereocenters. The van der Waals surface area contributed by atoms with Crippen molar-refractivity contribution >= 4 is 11.8 Å². The van der Waals surface area contributed by atoms with Crippen molar-refractivity contribution in [3.05, 3.63) is 35.7 Å². The largest absolute Gasteiger partial charge is 0.486 e. The Labute approximate surface area is 147 Å². The van der Waals surface area contributed by atoms with Gasteiger partial charge in [0, 0.05) is 19.5 Å². The van der Waals surface area contributed by atoms with Crippen molar-refractivity contribution in [3.63, 3.8) is 0 Å². The fraction of sp³-hybridized carbons (Fsp3) is 0.529. The molecule has 0 radical (unpaired) electrons. The van der Waals surface area contributed by atoms with Crippen LogP contribution in [0.15, 0.2) is 29.4 Å². The minimum atomic E-state index is 0.130. The van der Waals surface area contributed by atoms with E-state index < -0.39 is 0 Å². The predicted molar refractivity (Wildman–Crippen MR) is 96.9 cm³/mol. The Bertz CT molecular complexity index is 635. The van der Waals surface area contributed by atoms with E-state index in [0.717, 1.165) is 24.5 Å². The lowest BCUT2D eigenvalue weighted by Crippen LogP contribution is -2.16. The molecule has 0 bridgehead atoms. The first kappa shape index (κ1) is 18.6. The summed E-state index contributed by atoms with van der Waals surface area (Å²) in [5.41, 5.74) is 1.40. The number of nitrogens with two attached hydrogens (primary N) is 1. The van der Waals surface area contributed by atoms with Crippen molar-refractivity contribution < 1.29 is 9.47 Å². The summed E-state index contributed by atoms with van der Waals surface area (Å²) >= 11 is 1.56. The van der Waals surface area contributed by atoms with Gasteiger partial charge in [-0.05, 0) is 29.5 Å². The molecule has 132 valence electrons. The van der Waals surface area contributed by atoms with E-state index in [9.17, 15) is 0 Å². The van der Waals surface area contributed by atoms with Crippen molar-refractivity contribution in [2.75, 3.05) is 25.3 Å². The van der Waals surface area contributed by atoms with Gasteiger partial charge in [-0.2, -0.15) is 0 Å².